The van der Waals surface area contributed by atoms with Crippen molar-refractivity contribution in [1.82, 2.24) is 4.90 Å². The molecule has 2 fully saturated rings. The Morgan fingerprint density at radius 1 is 1.44 bits per heavy atom. The topological polar surface area (TPSA) is 55.6 Å². The molecule has 1 saturated carbocycles. The highest BCUT2D eigenvalue weighted by Crippen LogP contribution is 2.36. The van der Waals surface area contributed by atoms with Crippen molar-refractivity contribution >= 4 is 18.3 Å². The number of rotatable bonds is 4. The van der Waals surface area contributed by atoms with Crippen molar-refractivity contribution in [2.24, 2.45) is 17.6 Å². The maximum atomic E-state index is 12.1. The molecular weight excluding hydrogens is 252 g/mol. The maximum absolute atomic E-state index is 12.1. The molecule has 4 nitrogen and oxygen atoms in total. The molecule has 18 heavy (non-hydrogen) atoms. The van der Waals surface area contributed by atoms with Gasteiger partial charge in [-0.15, -0.1) is 12.4 Å². The van der Waals surface area contributed by atoms with Crippen LogP contribution in [0.5, 0.6) is 0 Å². The van der Waals surface area contributed by atoms with E-state index in [1.165, 1.54) is 0 Å². The van der Waals surface area contributed by atoms with Gasteiger partial charge in [0.1, 0.15) is 0 Å². The molecule has 0 spiro atoms. The summed E-state index contributed by atoms with van der Waals surface area (Å²) in [5.74, 6) is 1.02. The average molecular weight is 277 g/mol. The van der Waals surface area contributed by atoms with Crippen molar-refractivity contribution in [2.75, 3.05) is 19.7 Å². The first-order chi connectivity index (χ1) is 8.13. The average Bonchev–Trinajstić information content (AvgIpc) is 3.08. The fourth-order valence-corrected chi connectivity index (χ4v) is 2.71. The number of ether oxygens (including phenoxy) is 1. The van der Waals surface area contributed by atoms with Crippen LogP contribution < -0.4 is 5.73 Å². The van der Waals surface area contributed by atoms with Crippen molar-refractivity contribution in [3.8, 4) is 0 Å². The van der Waals surface area contributed by atoms with E-state index in [-0.39, 0.29) is 30.5 Å². The zero-order valence-corrected chi connectivity index (χ0v) is 12.1. The minimum absolute atomic E-state index is 0. The second kappa shape index (κ2) is 6.73. The molecule has 0 radical (unpaired) electrons. The maximum Gasteiger partial charge on any atom is 0.228 e. The van der Waals surface area contributed by atoms with Gasteiger partial charge in [0.15, 0.2) is 0 Å². The van der Waals surface area contributed by atoms with Gasteiger partial charge in [0.2, 0.25) is 5.91 Å². The molecule has 5 heteroatoms. The van der Waals surface area contributed by atoms with Gasteiger partial charge in [-0.1, -0.05) is 0 Å². The SMILES string of the molecule is CCOC1CC1C(=O)N1CCC(C(C)N)CC1.Cl. The van der Waals surface area contributed by atoms with Crippen LogP contribution in [0, 0.1) is 11.8 Å². The number of hydrogen-bond donors (Lipinski definition) is 1. The fraction of sp³-hybridized carbons (Fsp3) is 0.923. The van der Waals surface area contributed by atoms with Crippen LogP contribution in [0.1, 0.15) is 33.1 Å². The lowest BCUT2D eigenvalue weighted by Gasteiger charge is -2.33. The number of amides is 1. The predicted molar refractivity (Wildman–Crippen MR) is 73.7 cm³/mol. The lowest BCUT2D eigenvalue weighted by molar-refractivity contribution is -0.135. The number of nitrogens with two attached hydrogens (primary N) is 1. The Labute approximate surface area is 116 Å². The number of hydrogen-bond acceptors (Lipinski definition) is 3. The summed E-state index contributed by atoms with van der Waals surface area (Å²) in [4.78, 5) is 14.1. The predicted octanol–water partition coefficient (Wildman–Crippen LogP) is 1.42. The molecule has 106 valence electrons. The van der Waals surface area contributed by atoms with Crippen molar-refractivity contribution < 1.29 is 9.53 Å². The van der Waals surface area contributed by atoms with Gasteiger partial charge in [0, 0.05) is 25.7 Å². The third-order valence-corrected chi connectivity index (χ3v) is 4.02. The van der Waals surface area contributed by atoms with E-state index in [0.29, 0.717) is 18.4 Å². The lowest BCUT2D eigenvalue weighted by atomic mass is 9.91. The molecule has 0 aromatic carbocycles. The monoisotopic (exact) mass is 276 g/mol. The summed E-state index contributed by atoms with van der Waals surface area (Å²) in [5, 5.41) is 0. The first kappa shape index (κ1) is 15.7. The highest BCUT2D eigenvalue weighted by Gasteiger charge is 2.46. The highest BCUT2D eigenvalue weighted by molar-refractivity contribution is 5.85. The Kier molecular flexibility index (Phi) is 5.89. The first-order valence-electron chi connectivity index (χ1n) is 6.79. The number of carbonyl (C=O) groups is 1. The van der Waals surface area contributed by atoms with E-state index in [1.807, 2.05) is 11.8 Å². The molecule has 0 bridgehead atoms. The van der Waals surface area contributed by atoms with Crippen molar-refractivity contribution in [3.63, 3.8) is 0 Å². The molecule has 1 aliphatic carbocycles. The van der Waals surface area contributed by atoms with E-state index in [4.69, 9.17) is 10.5 Å². The normalized spacial score (nSPS) is 29.6. The van der Waals surface area contributed by atoms with E-state index in [9.17, 15) is 4.79 Å². The molecule has 1 saturated heterocycles. The summed E-state index contributed by atoms with van der Waals surface area (Å²) >= 11 is 0. The third-order valence-electron chi connectivity index (χ3n) is 4.02. The number of piperidine rings is 1. The van der Waals surface area contributed by atoms with Crippen LogP contribution in [0.25, 0.3) is 0 Å². The van der Waals surface area contributed by atoms with Crippen LogP contribution in [-0.2, 0) is 9.53 Å². The Morgan fingerprint density at radius 3 is 2.56 bits per heavy atom. The number of carbonyl (C=O) groups excluding carboxylic acids is 1. The molecular formula is C13H25ClN2O2. The van der Waals surface area contributed by atoms with E-state index < -0.39 is 0 Å². The van der Waals surface area contributed by atoms with Crippen LogP contribution in [-0.4, -0.2) is 42.6 Å². The van der Waals surface area contributed by atoms with Gasteiger partial charge in [0.25, 0.3) is 0 Å². The highest BCUT2D eigenvalue weighted by atomic mass is 35.5. The van der Waals surface area contributed by atoms with Gasteiger partial charge in [-0.3, -0.25) is 4.79 Å². The molecule has 2 rings (SSSR count). The second-order valence-electron chi connectivity index (χ2n) is 5.36. The molecule has 2 aliphatic rings. The van der Waals surface area contributed by atoms with Gasteiger partial charge < -0.3 is 15.4 Å². The van der Waals surface area contributed by atoms with Crippen LogP contribution in [0.15, 0.2) is 0 Å². The van der Waals surface area contributed by atoms with Gasteiger partial charge >= 0.3 is 0 Å². The summed E-state index contributed by atoms with van der Waals surface area (Å²) in [6.07, 6.45) is 3.21. The molecule has 2 N–H and O–H groups in total. The zero-order chi connectivity index (χ0) is 12.4. The number of likely N-dealkylation sites (tertiary alicyclic amines) is 1. The van der Waals surface area contributed by atoms with E-state index in [1.54, 1.807) is 0 Å². The molecule has 1 amide bonds. The largest absolute Gasteiger partial charge is 0.378 e. The molecule has 0 aromatic heterocycles. The standard InChI is InChI=1S/C13H24N2O2.ClH/c1-3-17-12-8-11(12)13(16)15-6-4-10(5-7-15)9(2)14;/h9-12H,3-8,14H2,1-2H3;1H. The summed E-state index contributed by atoms with van der Waals surface area (Å²) in [6, 6.07) is 0.254. The molecule has 3 atom stereocenters. The second-order valence-corrected chi connectivity index (χ2v) is 5.36. The first-order valence-corrected chi connectivity index (χ1v) is 6.79. The molecule has 1 aliphatic heterocycles. The summed E-state index contributed by atoms with van der Waals surface area (Å²) in [7, 11) is 0. The van der Waals surface area contributed by atoms with Crippen molar-refractivity contribution in [1.29, 1.82) is 0 Å². The Balaban J connectivity index is 0.00000162. The fourth-order valence-electron chi connectivity index (χ4n) is 2.71. The lowest BCUT2D eigenvalue weighted by Crippen LogP contribution is -2.43. The van der Waals surface area contributed by atoms with Gasteiger partial charge in [-0.05, 0) is 39.0 Å². The smallest absolute Gasteiger partial charge is 0.228 e. The van der Waals surface area contributed by atoms with Crippen molar-refractivity contribution in [3.05, 3.63) is 0 Å². The Morgan fingerprint density at radius 2 is 2.06 bits per heavy atom. The van der Waals surface area contributed by atoms with Crippen LogP contribution in [0.3, 0.4) is 0 Å². The molecule has 0 aromatic rings. The van der Waals surface area contributed by atoms with Crippen LogP contribution in [0.4, 0.5) is 0 Å². The van der Waals surface area contributed by atoms with Gasteiger partial charge in [-0.2, -0.15) is 0 Å². The van der Waals surface area contributed by atoms with E-state index >= 15 is 0 Å². The quantitative estimate of drug-likeness (QED) is 0.845. The summed E-state index contributed by atoms with van der Waals surface area (Å²) in [6.45, 7) is 6.50. The zero-order valence-electron chi connectivity index (χ0n) is 11.3. The van der Waals surface area contributed by atoms with Gasteiger partial charge in [0.05, 0.1) is 12.0 Å². The Bertz CT molecular complexity index is 278. The van der Waals surface area contributed by atoms with Crippen molar-refractivity contribution in [2.45, 2.75) is 45.3 Å². The number of nitrogens with zero attached hydrogens (tertiary/aromatic N) is 1. The minimum atomic E-state index is 0. The Hall–Kier alpha value is -0.320. The molecule has 3 unspecified atom stereocenters. The van der Waals surface area contributed by atoms with Crippen LogP contribution in [0.2, 0.25) is 0 Å². The summed E-state index contributed by atoms with van der Waals surface area (Å²) in [5.41, 5.74) is 5.90. The number of halogens is 1. The van der Waals surface area contributed by atoms with E-state index in [0.717, 1.165) is 32.4 Å². The third kappa shape index (κ3) is 3.59. The van der Waals surface area contributed by atoms with Crippen LogP contribution >= 0.6 is 12.4 Å². The minimum Gasteiger partial charge on any atom is -0.378 e. The summed E-state index contributed by atoms with van der Waals surface area (Å²) < 4.78 is 5.47. The molecule has 1 heterocycles. The van der Waals surface area contributed by atoms with E-state index in [2.05, 4.69) is 6.92 Å². The van der Waals surface area contributed by atoms with Gasteiger partial charge in [-0.25, -0.2) is 0 Å².